The van der Waals surface area contributed by atoms with Gasteiger partial charge in [0, 0.05) is 0 Å². The molecule has 0 amide bonds. The first-order valence-corrected chi connectivity index (χ1v) is 3.82. The van der Waals surface area contributed by atoms with Gasteiger partial charge in [-0.1, -0.05) is 0 Å². The molecule has 1 aromatic rings. The van der Waals surface area contributed by atoms with Crippen molar-refractivity contribution in [3.63, 3.8) is 0 Å². The monoisotopic (exact) mass is 218 g/mol. The Balaban J connectivity index is 3.51. The van der Waals surface area contributed by atoms with Gasteiger partial charge in [0.05, 0.1) is 18.9 Å². The molecule has 0 aliphatic carbocycles. The maximum absolute atomic E-state index is 12.5. The quantitative estimate of drug-likeness (QED) is 0.798. The van der Waals surface area contributed by atoms with Crippen LogP contribution in [0.4, 0.5) is 14.6 Å². The van der Waals surface area contributed by atoms with Crippen LogP contribution in [-0.2, 0) is 0 Å². The van der Waals surface area contributed by atoms with Crippen LogP contribution in [0.2, 0.25) is 0 Å². The summed E-state index contributed by atoms with van der Waals surface area (Å²) in [6.45, 7) is 0. The van der Waals surface area contributed by atoms with Crippen LogP contribution in [0, 0.1) is 0 Å². The van der Waals surface area contributed by atoms with Crippen LogP contribution in [-0.4, -0.2) is 23.2 Å². The fraction of sp³-hybridized carbons (Fsp3) is 0.250. The lowest BCUT2D eigenvalue weighted by atomic mass is 10.1. The Hall–Kier alpha value is -1.92. The lowest BCUT2D eigenvalue weighted by Crippen LogP contribution is -2.10. The average Bonchev–Trinajstić information content (AvgIpc) is 2.16. The molecule has 0 bridgehead atoms. The van der Waals surface area contributed by atoms with Gasteiger partial charge in [-0.3, -0.25) is 0 Å². The third-order valence-corrected chi connectivity index (χ3v) is 1.76. The zero-order valence-electron chi connectivity index (χ0n) is 7.70. The number of alkyl halides is 2. The number of nitrogens with zero attached hydrogens (tertiary/aromatic N) is 1. The van der Waals surface area contributed by atoms with Crippen molar-refractivity contribution in [3.8, 4) is 5.75 Å². The van der Waals surface area contributed by atoms with Crippen LogP contribution in [0.1, 0.15) is 22.3 Å². The third-order valence-electron chi connectivity index (χ3n) is 1.76. The van der Waals surface area contributed by atoms with Gasteiger partial charge in [0.1, 0.15) is 11.4 Å². The second kappa shape index (κ2) is 4.07. The molecule has 0 aliphatic rings. The molecule has 82 valence electrons. The first kappa shape index (κ1) is 11.2. The Kier molecular flexibility index (Phi) is 3.03. The number of aromatic nitrogens is 1. The lowest BCUT2D eigenvalue weighted by Gasteiger charge is -2.11. The number of nitrogens with two attached hydrogens (primary N) is 1. The van der Waals surface area contributed by atoms with Crippen molar-refractivity contribution in [2.24, 2.45) is 0 Å². The molecule has 0 saturated heterocycles. The molecule has 3 N–H and O–H groups in total. The first-order chi connectivity index (χ1) is 6.99. The van der Waals surface area contributed by atoms with Crippen molar-refractivity contribution in [1.82, 2.24) is 4.98 Å². The minimum Gasteiger partial charge on any atom is -0.494 e. The van der Waals surface area contributed by atoms with Crippen LogP contribution in [0.5, 0.6) is 5.75 Å². The number of carboxylic acid groups (broad SMARTS) is 1. The number of carboxylic acids is 1. The van der Waals surface area contributed by atoms with Gasteiger partial charge in [-0.2, -0.15) is 0 Å². The summed E-state index contributed by atoms with van der Waals surface area (Å²) in [5, 5.41) is 8.75. The first-order valence-electron chi connectivity index (χ1n) is 3.82. The molecule has 1 aromatic heterocycles. The summed E-state index contributed by atoms with van der Waals surface area (Å²) in [4.78, 5) is 14.2. The zero-order valence-corrected chi connectivity index (χ0v) is 7.70. The SMILES string of the molecule is COc1cnc(N)c(C(F)F)c1C(=O)O. The summed E-state index contributed by atoms with van der Waals surface area (Å²) in [6.07, 6.45) is -2.02. The van der Waals surface area contributed by atoms with E-state index in [2.05, 4.69) is 9.72 Å². The highest BCUT2D eigenvalue weighted by atomic mass is 19.3. The molecule has 0 aliphatic heterocycles. The largest absolute Gasteiger partial charge is 0.494 e. The van der Waals surface area contributed by atoms with E-state index in [9.17, 15) is 13.6 Å². The number of carbonyl (C=O) groups is 1. The standard InChI is InChI=1S/C8H8F2N2O3/c1-15-3-2-12-7(11)5(6(9)10)4(3)8(13)14/h2,6H,1H3,(H2,11,12)(H,13,14). The Morgan fingerprint density at radius 1 is 1.67 bits per heavy atom. The summed E-state index contributed by atoms with van der Waals surface area (Å²) in [7, 11) is 1.16. The van der Waals surface area contributed by atoms with E-state index in [1.54, 1.807) is 0 Å². The second-order valence-corrected chi connectivity index (χ2v) is 2.61. The number of hydrogen-bond donors (Lipinski definition) is 2. The zero-order chi connectivity index (χ0) is 11.6. The van der Waals surface area contributed by atoms with Crippen molar-refractivity contribution < 1.29 is 23.4 Å². The van der Waals surface area contributed by atoms with Gasteiger partial charge in [0.25, 0.3) is 6.43 Å². The van der Waals surface area contributed by atoms with Crippen LogP contribution in [0.25, 0.3) is 0 Å². The van der Waals surface area contributed by atoms with Crippen LogP contribution >= 0.6 is 0 Å². The Morgan fingerprint density at radius 3 is 2.67 bits per heavy atom. The van der Waals surface area contributed by atoms with Gasteiger partial charge in [-0.25, -0.2) is 18.6 Å². The molecular weight excluding hydrogens is 210 g/mol. The molecule has 0 saturated carbocycles. The number of pyridine rings is 1. The van der Waals surface area contributed by atoms with Crippen LogP contribution in [0.3, 0.4) is 0 Å². The smallest absolute Gasteiger partial charge is 0.340 e. The molecule has 7 heteroatoms. The van der Waals surface area contributed by atoms with E-state index < -0.39 is 29.3 Å². The van der Waals surface area contributed by atoms with Gasteiger partial charge in [-0.15, -0.1) is 0 Å². The Labute approximate surface area is 83.5 Å². The van der Waals surface area contributed by atoms with E-state index in [0.717, 1.165) is 13.3 Å². The van der Waals surface area contributed by atoms with E-state index >= 15 is 0 Å². The Bertz CT molecular complexity index is 396. The van der Waals surface area contributed by atoms with Crippen molar-refractivity contribution >= 4 is 11.8 Å². The summed E-state index contributed by atoms with van der Waals surface area (Å²) in [5.41, 5.74) is 3.70. The molecular formula is C8H8F2N2O3. The normalized spacial score (nSPS) is 10.4. The van der Waals surface area contributed by atoms with Gasteiger partial charge in [-0.05, 0) is 0 Å². The second-order valence-electron chi connectivity index (χ2n) is 2.61. The molecule has 0 aromatic carbocycles. The van der Waals surface area contributed by atoms with E-state index in [4.69, 9.17) is 10.8 Å². The number of ether oxygens (including phenoxy) is 1. The molecule has 0 spiro atoms. The molecule has 0 atom stereocenters. The van der Waals surface area contributed by atoms with Gasteiger partial charge < -0.3 is 15.6 Å². The molecule has 1 rings (SSSR count). The van der Waals surface area contributed by atoms with Gasteiger partial charge in [0.15, 0.2) is 5.75 Å². The summed E-state index contributed by atoms with van der Waals surface area (Å²) >= 11 is 0. The number of rotatable bonds is 3. The third kappa shape index (κ3) is 1.95. The highest BCUT2D eigenvalue weighted by Crippen LogP contribution is 2.32. The van der Waals surface area contributed by atoms with Crippen molar-refractivity contribution in [1.29, 1.82) is 0 Å². The number of methoxy groups -OCH3 is 1. The van der Waals surface area contributed by atoms with E-state index in [-0.39, 0.29) is 5.75 Å². The van der Waals surface area contributed by atoms with Gasteiger partial charge >= 0.3 is 5.97 Å². The van der Waals surface area contributed by atoms with Crippen molar-refractivity contribution in [2.75, 3.05) is 12.8 Å². The molecule has 5 nitrogen and oxygen atoms in total. The lowest BCUT2D eigenvalue weighted by molar-refractivity contribution is 0.0680. The fourth-order valence-corrected chi connectivity index (χ4v) is 1.12. The maximum atomic E-state index is 12.5. The minimum absolute atomic E-state index is 0.244. The number of halogens is 2. The predicted octanol–water partition coefficient (Wildman–Crippen LogP) is 1.31. The van der Waals surface area contributed by atoms with E-state index in [0.29, 0.717) is 0 Å². The highest BCUT2D eigenvalue weighted by molar-refractivity contribution is 5.94. The highest BCUT2D eigenvalue weighted by Gasteiger charge is 2.26. The molecule has 0 unspecified atom stereocenters. The van der Waals surface area contributed by atoms with Crippen molar-refractivity contribution in [3.05, 3.63) is 17.3 Å². The summed E-state index contributed by atoms with van der Waals surface area (Å²) in [6, 6.07) is 0. The molecule has 1 heterocycles. The summed E-state index contributed by atoms with van der Waals surface area (Å²) < 4.78 is 29.7. The maximum Gasteiger partial charge on any atom is 0.340 e. The molecule has 0 fully saturated rings. The molecule has 0 radical (unpaired) electrons. The predicted molar refractivity (Wildman–Crippen MR) is 47.1 cm³/mol. The number of nitrogen functional groups attached to an aromatic ring is 1. The number of aromatic carboxylic acids is 1. The minimum atomic E-state index is -3.02. The molecule has 15 heavy (non-hydrogen) atoms. The van der Waals surface area contributed by atoms with Gasteiger partial charge in [0.2, 0.25) is 0 Å². The van der Waals surface area contributed by atoms with Crippen molar-refractivity contribution in [2.45, 2.75) is 6.43 Å². The topological polar surface area (TPSA) is 85.4 Å². The van der Waals surface area contributed by atoms with Crippen LogP contribution < -0.4 is 10.5 Å². The number of anilines is 1. The van der Waals surface area contributed by atoms with E-state index in [1.165, 1.54) is 0 Å². The summed E-state index contributed by atoms with van der Waals surface area (Å²) in [5.74, 6) is -2.29. The van der Waals surface area contributed by atoms with E-state index in [1.807, 2.05) is 0 Å². The van der Waals surface area contributed by atoms with Crippen LogP contribution in [0.15, 0.2) is 6.20 Å². The Morgan fingerprint density at radius 2 is 2.27 bits per heavy atom. The fourth-order valence-electron chi connectivity index (χ4n) is 1.12. The average molecular weight is 218 g/mol. The number of hydrogen-bond acceptors (Lipinski definition) is 4.